The summed E-state index contributed by atoms with van der Waals surface area (Å²) >= 11 is 1.28. The Morgan fingerprint density at radius 1 is 1.48 bits per heavy atom. The Morgan fingerprint density at radius 3 is 2.78 bits per heavy atom. The first-order valence-electron chi connectivity index (χ1n) is 6.77. The Bertz CT molecular complexity index is 737. The van der Waals surface area contributed by atoms with E-state index in [-0.39, 0.29) is 11.1 Å². The summed E-state index contributed by atoms with van der Waals surface area (Å²) in [5, 5.41) is 6.05. The lowest BCUT2D eigenvalue weighted by molar-refractivity contribution is 0.00690. The molecule has 1 aromatic heterocycles. The summed E-state index contributed by atoms with van der Waals surface area (Å²) in [6, 6.07) is 4.06. The SMILES string of the molecule is CC(C)(C)OC(=O)c1ccc(C=NNc2nc(N)cs2)c(F)c1. The minimum absolute atomic E-state index is 0.148. The highest BCUT2D eigenvalue weighted by Gasteiger charge is 2.18. The van der Waals surface area contributed by atoms with E-state index in [0.29, 0.717) is 10.9 Å². The molecule has 122 valence electrons. The number of nitrogens with two attached hydrogens (primary N) is 1. The Kier molecular flexibility index (Phi) is 4.95. The van der Waals surface area contributed by atoms with Crippen molar-refractivity contribution in [2.24, 2.45) is 5.10 Å². The molecule has 0 saturated carbocycles. The summed E-state index contributed by atoms with van der Waals surface area (Å²) in [7, 11) is 0. The van der Waals surface area contributed by atoms with Gasteiger partial charge in [0.2, 0.25) is 5.13 Å². The predicted octanol–water partition coefficient (Wildman–Crippen LogP) is 3.27. The van der Waals surface area contributed by atoms with Gasteiger partial charge >= 0.3 is 5.97 Å². The molecule has 1 aromatic carbocycles. The van der Waals surface area contributed by atoms with Crippen molar-refractivity contribution < 1.29 is 13.9 Å². The monoisotopic (exact) mass is 336 g/mol. The number of hydrogen-bond acceptors (Lipinski definition) is 7. The van der Waals surface area contributed by atoms with Gasteiger partial charge in [0.25, 0.3) is 0 Å². The molecule has 6 nitrogen and oxygen atoms in total. The van der Waals surface area contributed by atoms with E-state index in [9.17, 15) is 9.18 Å². The number of anilines is 2. The van der Waals surface area contributed by atoms with Crippen molar-refractivity contribution in [3.05, 3.63) is 40.5 Å². The van der Waals surface area contributed by atoms with Crippen LogP contribution in [0, 0.1) is 5.82 Å². The van der Waals surface area contributed by atoms with Crippen molar-refractivity contribution in [1.82, 2.24) is 4.98 Å². The number of benzene rings is 1. The van der Waals surface area contributed by atoms with Crippen molar-refractivity contribution in [2.75, 3.05) is 11.2 Å². The molecule has 0 saturated heterocycles. The standard InChI is InChI=1S/C15H17FN4O2S/c1-15(2,3)22-13(21)9-4-5-10(11(16)6-9)7-18-20-14-19-12(17)8-23-14/h4-8H,17H2,1-3H3,(H,19,20). The van der Waals surface area contributed by atoms with E-state index in [0.717, 1.165) is 6.07 Å². The van der Waals surface area contributed by atoms with E-state index in [2.05, 4.69) is 15.5 Å². The van der Waals surface area contributed by atoms with E-state index >= 15 is 0 Å². The number of carbonyl (C=O) groups excluding carboxylic acids is 1. The molecule has 0 aliphatic rings. The quantitative estimate of drug-likeness (QED) is 0.508. The second-order valence-electron chi connectivity index (χ2n) is 5.69. The third-order valence-electron chi connectivity index (χ3n) is 2.52. The van der Waals surface area contributed by atoms with Gasteiger partial charge in [-0.1, -0.05) is 0 Å². The number of hydrogen-bond donors (Lipinski definition) is 2. The molecule has 0 bridgehead atoms. The lowest BCUT2D eigenvalue weighted by atomic mass is 10.1. The van der Waals surface area contributed by atoms with Gasteiger partial charge < -0.3 is 10.5 Å². The third kappa shape index (κ3) is 5.03. The third-order valence-corrected chi connectivity index (χ3v) is 3.29. The lowest BCUT2D eigenvalue weighted by Gasteiger charge is -2.19. The van der Waals surface area contributed by atoms with Crippen molar-refractivity contribution >= 4 is 34.5 Å². The number of hydrazone groups is 1. The molecule has 8 heteroatoms. The number of esters is 1. The number of thiazole rings is 1. The number of nitrogen functional groups attached to an aromatic ring is 1. The van der Waals surface area contributed by atoms with Gasteiger partial charge in [-0.25, -0.2) is 14.2 Å². The molecule has 2 rings (SSSR count). The fourth-order valence-electron chi connectivity index (χ4n) is 1.59. The molecule has 0 atom stereocenters. The Balaban J connectivity index is 2.05. The molecule has 0 aliphatic carbocycles. The summed E-state index contributed by atoms with van der Waals surface area (Å²) in [5.74, 6) is -0.755. The van der Waals surface area contributed by atoms with Crippen LogP contribution in [0.4, 0.5) is 15.3 Å². The van der Waals surface area contributed by atoms with Crippen LogP contribution in [0.1, 0.15) is 36.7 Å². The van der Waals surface area contributed by atoms with Crippen molar-refractivity contribution in [3.8, 4) is 0 Å². The Morgan fingerprint density at radius 2 is 2.22 bits per heavy atom. The van der Waals surface area contributed by atoms with Gasteiger partial charge in [-0.15, -0.1) is 11.3 Å². The van der Waals surface area contributed by atoms with Crippen LogP contribution in [-0.4, -0.2) is 22.8 Å². The molecule has 3 N–H and O–H groups in total. The Hall–Kier alpha value is -2.48. The van der Waals surface area contributed by atoms with E-state index < -0.39 is 17.4 Å². The summed E-state index contributed by atoms with van der Waals surface area (Å²) in [4.78, 5) is 15.8. The number of nitrogens with zero attached hydrogens (tertiary/aromatic N) is 2. The minimum Gasteiger partial charge on any atom is -0.456 e. The molecule has 0 amide bonds. The number of carbonyl (C=O) groups is 1. The largest absolute Gasteiger partial charge is 0.456 e. The fraction of sp³-hybridized carbons (Fsp3) is 0.267. The van der Waals surface area contributed by atoms with Crippen LogP contribution in [0.5, 0.6) is 0 Å². The van der Waals surface area contributed by atoms with Gasteiger partial charge in [0.1, 0.15) is 17.2 Å². The first-order chi connectivity index (χ1) is 10.7. The highest BCUT2D eigenvalue weighted by molar-refractivity contribution is 7.14. The lowest BCUT2D eigenvalue weighted by Crippen LogP contribution is -2.24. The summed E-state index contributed by atoms with van der Waals surface area (Å²) in [5.41, 5.74) is 7.87. The van der Waals surface area contributed by atoms with Gasteiger partial charge in [-0.05, 0) is 39.0 Å². The normalized spacial score (nSPS) is 11.7. The van der Waals surface area contributed by atoms with Crippen LogP contribution in [0.15, 0.2) is 28.7 Å². The highest BCUT2D eigenvalue weighted by atomic mass is 32.1. The van der Waals surface area contributed by atoms with Gasteiger partial charge in [-0.3, -0.25) is 5.43 Å². The summed E-state index contributed by atoms with van der Waals surface area (Å²) in [6.45, 7) is 5.25. The summed E-state index contributed by atoms with van der Waals surface area (Å²) in [6.07, 6.45) is 1.30. The molecule has 23 heavy (non-hydrogen) atoms. The molecule has 2 aromatic rings. The number of halogens is 1. The van der Waals surface area contributed by atoms with Gasteiger partial charge in [0, 0.05) is 10.9 Å². The second kappa shape index (κ2) is 6.74. The number of ether oxygens (including phenoxy) is 1. The van der Waals surface area contributed by atoms with E-state index in [4.69, 9.17) is 10.5 Å². The van der Waals surface area contributed by atoms with Gasteiger partial charge in [0.15, 0.2) is 0 Å². The van der Waals surface area contributed by atoms with Crippen molar-refractivity contribution in [3.63, 3.8) is 0 Å². The topological polar surface area (TPSA) is 89.6 Å². The van der Waals surface area contributed by atoms with Crippen LogP contribution in [0.3, 0.4) is 0 Å². The fourth-order valence-corrected chi connectivity index (χ4v) is 2.14. The molecular formula is C15H17FN4O2S. The van der Waals surface area contributed by atoms with Crippen LogP contribution in [0.2, 0.25) is 0 Å². The first kappa shape index (κ1) is 16.9. The molecule has 0 radical (unpaired) electrons. The molecule has 0 fully saturated rings. The average molecular weight is 336 g/mol. The highest BCUT2D eigenvalue weighted by Crippen LogP contribution is 2.17. The zero-order chi connectivity index (χ0) is 17.0. The van der Waals surface area contributed by atoms with E-state index in [1.807, 2.05) is 0 Å². The molecular weight excluding hydrogens is 319 g/mol. The number of nitrogens with one attached hydrogen (secondary N) is 1. The molecule has 0 unspecified atom stereocenters. The maximum atomic E-state index is 14.0. The predicted molar refractivity (Wildman–Crippen MR) is 89.3 cm³/mol. The average Bonchev–Trinajstić information content (AvgIpc) is 2.84. The number of rotatable bonds is 4. The van der Waals surface area contributed by atoms with Crippen LogP contribution in [0.25, 0.3) is 0 Å². The van der Waals surface area contributed by atoms with E-state index in [1.165, 1.54) is 29.7 Å². The first-order valence-corrected chi connectivity index (χ1v) is 7.65. The van der Waals surface area contributed by atoms with Gasteiger partial charge in [-0.2, -0.15) is 5.10 Å². The van der Waals surface area contributed by atoms with Crippen LogP contribution in [-0.2, 0) is 4.74 Å². The maximum absolute atomic E-state index is 14.0. The zero-order valence-corrected chi connectivity index (χ0v) is 13.8. The molecule has 0 spiro atoms. The summed E-state index contributed by atoms with van der Waals surface area (Å²) < 4.78 is 19.2. The zero-order valence-electron chi connectivity index (χ0n) is 13.0. The van der Waals surface area contributed by atoms with Crippen molar-refractivity contribution in [1.29, 1.82) is 0 Å². The van der Waals surface area contributed by atoms with Crippen LogP contribution < -0.4 is 11.2 Å². The van der Waals surface area contributed by atoms with E-state index in [1.54, 1.807) is 26.2 Å². The smallest absolute Gasteiger partial charge is 0.338 e. The minimum atomic E-state index is -0.632. The maximum Gasteiger partial charge on any atom is 0.338 e. The van der Waals surface area contributed by atoms with Crippen LogP contribution >= 0.6 is 11.3 Å². The van der Waals surface area contributed by atoms with Gasteiger partial charge in [0.05, 0.1) is 11.8 Å². The second-order valence-corrected chi connectivity index (χ2v) is 6.54. The number of aromatic nitrogens is 1. The Labute approximate surface area is 137 Å². The molecule has 0 aliphatic heterocycles. The van der Waals surface area contributed by atoms with Crippen molar-refractivity contribution in [2.45, 2.75) is 26.4 Å². The molecule has 1 heterocycles.